The van der Waals surface area contributed by atoms with Gasteiger partial charge in [-0.2, -0.15) is 29.0 Å². The summed E-state index contributed by atoms with van der Waals surface area (Å²) in [6.07, 6.45) is 3.57. The fourth-order valence-corrected chi connectivity index (χ4v) is 17.4. The van der Waals surface area contributed by atoms with Crippen molar-refractivity contribution in [3.05, 3.63) is 267 Å². The summed E-state index contributed by atoms with van der Waals surface area (Å²) in [5.74, 6) is -6.21. The summed E-state index contributed by atoms with van der Waals surface area (Å²) in [6.45, 7) is 4.35. The van der Waals surface area contributed by atoms with Crippen LogP contribution in [-0.4, -0.2) is 111 Å². The molecule has 602 valence electrons. The molecule has 1 aliphatic carbocycles. The second kappa shape index (κ2) is 38.3. The Morgan fingerprint density at radius 3 is 1.30 bits per heavy atom. The summed E-state index contributed by atoms with van der Waals surface area (Å²) in [5.41, 5.74) is 9.66. The summed E-state index contributed by atoms with van der Waals surface area (Å²) in [5, 5.41) is 36.5. The topological polar surface area (TPSA) is 229 Å². The molecule has 3 heterocycles. The maximum atomic E-state index is 13.5. The molecule has 3 aliphatic heterocycles. The zero-order valence-electron chi connectivity index (χ0n) is 63.9. The highest BCUT2D eigenvalue weighted by Crippen LogP contribution is 2.46. The second-order valence-corrected chi connectivity index (χ2v) is 32.8. The number of alkyl halides is 3. The molecule has 4 aliphatic rings. The van der Waals surface area contributed by atoms with Gasteiger partial charge < -0.3 is 30.5 Å². The van der Waals surface area contributed by atoms with Crippen LogP contribution in [0.4, 0.5) is 47.8 Å². The maximum Gasteiger partial charge on any atom is 0.391 e. The first-order valence-corrected chi connectivity index (χ1v) is 40.8. The molecule has 116 heavy (non-hydrogen) atoms. The maximum absolute atomic E-state index is 13.5. The number of hydrogen-bond donors (Lipinski definition) is 3. The molecule has 2 atom stereocenters. The minimum Gasteiger partial charge on any atom is -0.360 e. The van der Waals surface area contributed by atoms with E-state index in [0.29, 0.717) is 129 Å². The number of halogens is 9. The van der Waals surface area contributed by atoms with Crippen molar-refractivity contribution in [1.29, 1.82) is 15.8 Å². The van der Waals surface area contributed by atoms with E-state index in [1.165, 1.54) is 22.7 Å². The van der Waals surface area contributed by atoms with E-state index in [1.807, 2.05) is 120 Å². The molecule has 4 amide bonds. The first-order chi connectivity index (χ1) is 55.4. The van der Waals surface area contributed by atoms with Gasteiger partial charge in [0.25, 0.3) is 0 Å². The molecule has 2 unspecified atom stereocenters. The lowest BCUT2D eigenvalue weighted by atomic mass is 9.69. The van der Waals surface area contributed by atoms with Gasteiger partial charge in [0.15, 0.2) is 23.3 Å². The third kappa shape index (κ3) is 22.5. The predicted molar refractivity (Wildman–Crippen MR) is 434 cm³/mol. The van der Waals surface area contributed by atoms with E-state index in [0.717, 1.165) is 80.8 Å². The van der Waals surface area contributed by atoms with Gasteiger partial charge in [-0.15, -0.1) is 0 Å². The number of piperidine rings is 3. The van der Waals surface area contributed by atoms with Gasteiger partial charge >= 0.3 is 6.18 Å². The fraction of sp³-hybridized carbons (Fsp3) is 0.322. The zero-order valence-corrected chi connectivity index (χ0v) is 66.2. The number of rotatable bonds is 20. The van der Waals surface area contributed by atoms with Gasteiger partial charge in [-0.3, -0.25) is 19.2 Å². The summed E-state index contributed by atoms with van der Waals surface area (Å²) in [4.78, 5) is 54.2. The first kappa shape index (κ1) is 86.1. The van der Waals surface area contributed by atoms with Gasteiger partial charge in [0.1, 0.15) is 6.61 Å². The molecule has 0 aromatic heterocycles. The molecule has 1 saturated carbocycles. The normalized spacial score (nSPS) is 17.2. The smallest absolute Gasteiger partial charge is 0.360 e. The second-order valence-electron chi connectivity index (χ2n) is 30.0. The van der Waals surface area contributed by atoms with Gasteiger partial charge in [-0.1, -0.05) is 139 Å². The van der Waals surface area contributed by atoms with Crippen molar-refractivity contribution in [2.24, 2.45) is 5.92 Å². The number of carbonyl (C=O) groups is 4. The lowest BCUT2D eigenvalue weighted by Crippen LogP contribution is -2.50. The van der Waals surface area contributed by atoms with E-state index in [-0.39, 0.29) is 78.8 Å². The summed E-state index contributed by atoms with van der Waals surface area (Å²) < 4.78 is 126. The molecular weight excluding hydrogens is 1560 g/mol. The van der Waals surface area contributed by atoms with Crippen LogP contribution in [0.2, 0.25) is 10.0 Å². The number of carbonyl (C=O) groups excluding carboxylic acids is 4. The van der Waals surface area contributed by atoms with Crippen molar-refractivity contribution < 1.29 is 63.1 Å². The Labute approximate surface area is 680 Å². The molecule has 0 bridgehead atoms. The Morgan fingerprint density at radius 1 is 0.491 bits per heavy atom. The third-order valence-electron chi connectivity index (χ3n) is 22.6. The Hall–Kier alpha value is -10.8. The molecule has 0 radical (unpaired) electrons. The predicted octanol–water partition coefficient (Wildman–Crippen LogP) is 19.6. The summed E-state index contributed by atoms with van der Waals surface area (Å²) in [6, 6.07) is 63.6. The number of hydrogen-bond acceptors (Lipinski definition) is 11. The molecule has 26 heteroatoms. The van der Waals surface area contributed by atoms with E-state index >= 15 is 0 Å². The van der Waals surface area contributed by atoms with Crippen LogP contribution >= 0.6 is 23.2 Å². The zero-order chi connectivity index (χ0) is 83.0. The number of benzene rings is 9. The van der Waals surface area contributed by atoms with Crippen LogP contribution in [0.3, 0.4) is 0 Å². The van der Waals surface area contributed by atoms with E-state index < -0.39 is 56.4 Å². The van der Waals surface area contributed by atoms with Crippen LogP contribution in [0.1, 0.15) is 130 Å². The number of amides is 4. The Bertz CT molecular complexity index is 5250. The van der Waals surface area contributed by atoms with Crippen molar-refractivity contribution in [3.8, 4) is 51.6 Å². The van der Waals surface area contributed by atoms with Gasteiger partial charge in [-0.25, -0.2) is 30.3 Å². The largest absolute Gasteiger partial charge is 0.391 e. The van der Waals surface area contributed by atoms with Crippen molar-refractivity contribution in [2.75, 3.05) is 68.1 Å². The molecule has 13 rings (SSSR count). The Morgan fingerprint density at radius 2 is 0.905 bits per heavy atom. The van der Waals surface area contributed by atoms with E-state index in [1.54, 1.807) is 43.3 Å². The minimum atomic E-state index is -4.17. The molecule has 4 fully saturated rings. The fourth-order valence-electron chi connectivity index (χ4n) is 16.1. The van der Waals surface area contributed by atoms with Crippen molar-refractivity contribution in [2.45, 2.75) is 125 Å². The molecule has 9 aromatic rings. The number of nitrogens with one attached hydrogen (secondary N) is 3. The van der Waals surface area contributed by atoms with Crippen LogP contribution in [0.15, 0.2) is 200 Å². The Balaban J connectivity index is 0.000000172. The molecule has 9 aromatic carbocycles. The van der Waals surface area contributed by atoms with Gasteiger partial charge in [0.05, 0.1) is 52.7 Å². The molecule has 3 N–H and O–H groups in total. The highest BCUT2D eigenvalue weighted by molar-refractivity contribution is 7.88. The summed E-state index contributed by atoms with van der Waals surface area (Å²) in [7, 11) is -3.33. The van der Waals surface area contributed by atoms with Gasteiger partial charge in [0.2, 0.25) is 33.7 Å². The highest BCUT2D eigenvalue weighted by atomic mass is 35.5. The lowest BCUT2D eigenvalue weighted by molar-refractivity contribution is -0.188. The molecule has 0 spiro atoms. The van der Waals surface area contributed by atoms with Gasteiger partial charge in [0, 0.05) is 104 Å². The number of likely N-dealkylation sites (tertiary alicyclic amines) is 2. The highest BCUT2D eigenvalue weighted by Gasteiger charge is 2.46. The van der Waals surface area contributed by atoms with Crippen molar-refractivity contribution >= 4 is 73.9 Å². The van der Waals surface area contributed by atoms with Crippen molar-refractivity contribution in [1.82, 2.24) is 14.1 Å². The Kier molecular flexibility index (Phi) is 28.5. The van der Waals surface area contributed by atoms with Crippen LogP contribution in [0.5, 0.6) is 0 Å². The van der Waals surface area contributed by atoms with Crippen LogP contribution in [0.25, 0.3) is 33.4 Å². The molecule has 3 saturated heterocycles. The van der Waals surface area contributed by atoms with Crippen LogP contribution < -0.4 is 16.0 Å². The average molecular weight is 1640 g/mol. The van der Waals surface area contributed by atoms with E-state index in [4.69, 9.17) is 27.9 Å². The van der Waals surface area contributed by atoms with Crippen molar-refractivity contribution in [3.63, 3.8) is 0 Å². The molecular formula is C90H86Cl2F7N9O7S. The number of nitrogens with zero attached hydrogens (tertiary/aromatic N) is 6. The number of anilines is 3. The standard InChI is InChI=1S/C33H32Cl2F3N3O2.C29H27F2N3O2.C28H27F2N3O3S/c34-27-17-28(35)19-29(18-27)40-31(42)21-43-32(25-9-7-23(8-10-25)24-4-1-3-22(15-24)20-39)11-13-41(14-12-32)30-6-2-5-26(16-30)33(36,37)38;1-20(35)34-15-13-29(14-16-34,12-11-28(36)33-25-9-10-26(30)27(31)18-25)24-7-5-22(6-8-24)23-4-2-3-21(17-23)19-32;1-37(35,36)33-15-13-28(14-16-33,12-11-27(34)32-24-9-10-25(29)26(30)18-24)23-7-5-21(6-8-23)22-4-2-3-20(17-22)19-31/h1,3-4,7-10,15,17-19,26,30H,2,5-6,11-14,16,21H2,(H,40,42);2-10,17-18H,11-16H2,1H3,(H,33,36);2-10,17-18H,11-16H2,1H3,(H,32,34). The van der Waals surface area contributed by atoms with Gasteiger partial charge in [-0.05, 0) is 210 Å². The SMILES string of the molecule is CC(=O)N1CCC(CCC(=O)Nc2ccc(F)c(F)c2)(c2ccc(-c3cccc(C#N)c3)cc2)CC1.CS(=O)(=O)N1CCC(CCC(=O)Nc2ccc(F)c(F)c2)(c2ccc(-c3cccc(C#N)c3)cc2)CC1.N#Cc1cccc(-c2ccc(C3(OCC(=O)Nc4cc(Cl)cc(Cl)c4)CCN(C4CCCC(C(F)(F)F)C4)CC3)cc2)c1. The number of nitriles is 3. The van der Waals surface area contributed by atoms with Crippen LogP contribution in [-0.2, 0) is 50.4 Å². The third-order valence-corrected chi connectivity index (χ3v) is 24.4. The van der Waals surface area contributed by atoms with E-state index in [9.17, 15) is 74.1 Å². The number of sulfonamides is 1. The minimum absolute atomic E-state index is 0.0346. The van der Waals surface area contributed by atoms with E-state index in [2.05, 4.69) is 51.2 Å². The average Bonchev–Trinajstić information content (AvgIpc) is 0.792. The quantitative estimate of drug-likeness (QED) is 0.0608. The lowest BCUT2D eigenvalue weighted by Gasteiger charge is -2.46. The number of ether oxygens (including phenoxy) is 1. The summed E-state index contributed by atoms with van der Waals surface area (Å²) >= 11 is 12.1. The monoisotopic (exact) mass is 1640 g/mol. The van der Waals surface area contributed by atoms with Crippen LogP contribution in [0, 0.1) is 63.2 Å². The molecule has 16 nitrogen and oxygen atoms in total. The first-order valence-electron chi connectivity index (χ1n) is 38.2.